The Kier molecular flexibility index (Phi) is 3.50. The summed E-state index contributed by atoms with van der Waals surface area (Å²) in [7, 11) is 0. The minimum Gasteiger partial charge on any atom is -0.372 e. The Labute approximate surface area is 118 Å². The van der Waals surface area contributed by atoms with Gasteiger partial charge in [0, 0.05) is 6.54 Å². The van der Waals surface area contributed by atoms with Crippen LogP contribution in [0.1, 0.15) is 44.0 Å². The second kappa shape index (κ2) is 5.14. The molecule has 102 valence electrons. The Morgan fingerprint density at radius 3 is 3.11 bits per heavy atom. The van der Waals surface area contributed by atoms with Crippen molar-refractivity contribution in [3.05, 3.63) is 28.5 Å². The third kappa shape index (κ3) is 2.26. The first kappa shape index (κ1) is 12.9. The molecule has 0 aliphatic carbocycles. The van der Waals surface area contributed by atoms with Gasteiger partial charge >= 0.3 is 0 Å². The van der Waals surface area contributed by atoms with E-state index in [2.05, 4.69) is 35.5 Å². The maximum atomic E-state index is 6.48. The molecule has 1 aromatic heterocycles. The molecule has 1 aliphatic heterocycles. The zero-order valence-electron chi connectivity index (χ0n) is 11.4. The van der Waals surface area contributed by atoms with E-state index in [1.54, 1.807) is 0 Å². The molecule has 0 N–H and O–H groups in total. The highest BCUT2D eigenvalue weighted by Crippen LogP contribution is 2.32. The predicted octanol–water partition coefficient (Wildman–Crippen LogP) is 4.12. The van der Waals surface area contributed by atoms with E-state index in [-0.39, 0.29) is 0 Å². The van der Waals surface area contributed by atoms with Crippen molar-refractivity contribution in [1.29, 1.82) is 0 Å². The van der Waals surface area contributed by atoms with Crippen LogP contribution in [0.4, 0.5) is 0 Å². The smallest absolute Gasteiger partial charge is 0.136 e. The summed E-state index contributed by atoms with van der Waals surface area (Å²) in [4.78, 5) is 4.67. The molecule has 0 spiro atoms. The van der Waals surface area contributed by atoms with E-state index in [0.717, 1.165) is 35.0 Å². The van der Waals surface area contributed by atoms with Gasteiger partial charge in [0.25, 0.3) is 0 Å². The Bertz CT molecular complexity index is 606. The summed E-state index contributed by atoms with van der Waals surface area (Å²) in [5.74, 6) is 1.52. The first-order chi connectivity index (χ1) is 9.20. The average Bonchev–Trinajstić information content (AvgIpc) is 2.77. The zero-order chi connectivity index (χ0) is 13.4. The van der Waals surface area contributed by atoms with Crippen molar-refractivity contribution in [2.45, 2.75) is 45.8 Å². The van der Waals surface area contributed by atoms with Crippen LogP contribution >= 0.6 is 11.6 Å². The highest BCUT2D eigenvalue weighted by Gasteiger charge is 2.18. The quantitative estimate of drug-likeness (QED) is 0.844. The molecule has 0 saturated heterocycles. The van der Waals surface area contributed by atoms with Gasteiger partial charge in [-0.3, -0.25) is 0 Å². The Morgan fingerprint density at radius 2 is 2.32 bits per heavy atom. The summed E-state index contributed by atoms with van der Waals surface area (Å²) in [5, 5.41) is 0.816. The van der Waals surface area contributed by atoms with Gasteiger partial charge in [0.1, 0.15) is 12.4 Å². The predicted molar refractivity (Wildman–Crippen MR) is 77.7 cm³/mol. The summed E-state index contributed by atoms with van der Waals surface area (Å²) in [6.45, 7) is 6.63. The standard InChI is InChI=1S/C15H19ClN2O/c1-3-4-10(2)11-7-12(16)15-13(8-11)17-14-9-19-6-5-18(14)15/h7-8,10H,3-6,9H2,1-2H3. The van der Waals surface area contributed by atoms with Crippen LogP contribution in [0.15, 0.2) is 12.1 Å². The molecule has 0 bridgehead atoms. The molecule has 1 unspecified atom stereocenters. The summed E-state index contributed by atoms with van der Waals surface area (Å²) >= 11 is 6.48. The minimum absolute atomic E-state index is 0.530. The number of nitrogens with zero attached hydrogens (tertiary/aromatic N) is 2. The molecule has 3 nitrogen and oxygen atoms in total. The molecular weight excluding hydrogens is 260 g/mol. The molecule has 1 atom stereocenters. The van der Waals surface area contributed by atoms with Crippen LogP contribution in [-0.4, -0.2) is 16.2 Å². The van der Waals surface area contributed by atoms with Crippen LogP contribution in [0, 0.1) is 0 Å². The third-order valence-electron chi connectivity index (χ3n) is 3.88. The maximum absolute atomic E-state index is 6.48. The van der Waals surface area contributed by atoms with Crippen LogP contribution in [-0.2, 0) is 17.9 Å². The first-order valence-electron chi connectivity index (χ1n) is 6.97. The van der Waals surface area contributed by atoms with Crippen molar-refractivity contribution in [3.8, 4) is 0 Å². The van der Waals surface area contributed by atoms with Crippen LogP contribution in [0.25, 0.3) is 11.0 Å². The van der Waals surface area contributed by atoms with Gasteiger partial charge in [-0.25, -0.2) is 4.98 Å². The summed E-state index contributed by atoms with van der Waals surface area (Å²) in [5.41, 5.74) is 3.36. The highest BCUT2D eigenvalue weighted by atomic mass is 35.5. The second-order valence-corrected chi connectivity index (χ2v) is 5.70. The number of rotatable bonds is 3. The Hall–Kier alpha value is -1.06. The third-order valence-corrected chi connectivity index (χ3v) is 4.17. The van der Waals surface area contributed by atoms with Gasteiger partial charge in [0.15, 0.2) is 0 Å². The van der Waals surface area contributed by atoms with E-state index >= 15 is 0 Å². The molecule has 19 heavy (non-hydrogen) atoms. The first-order valence-corrected chi connectivity index (χ1v) is 7.34. The lowest BCUT2D eigenvalue weighted by molar-refractivity contribution is 0.0830. The summed E-state index contributed by atoms with van der Waals surface area (Å²) in [6, 6.07) is 4.29. The molecule has 0 amide bonds. The van der Waals surface area contributed by atoms with Crippen LogP contribution in [0.3, 0.4) is 0 Å². The summed E-state index contributed by atoms with van der Waals surface area (Å²) < 4.78 is 7.65. The number of hydrogen-bond donors (Lipinski definition) is 0. The van der Waals surface area contributed by atoms with Crippen LogP contribution in [0.2, 0.25) is 5.02 Å². The van der Waals surface area contributed by atoms with Crippen molar-refractivity contribution in [3.63, 3.8) is 0 Å². The Morgan fingerprint density at radius 1 is 1.47 bits per heavy atom. The maximum Gasteiger partial charge on any atom is 0.136 e. The van der Waals surface area contributed by atoms with Gasteiger partial charge in [0.05, 0.1) is 22.7 Å². The second-order valence-electron chi connectivity index (χ2n) is 5.29. The van der Waals surface area contributed by atoms with Crippen molar-refractivity contribution in [2.75, 3.05) is 6.61 Å². The number of halogens is 1. The zero-order valence-corrected chi connectivity index (χ0v) is 12.2. The van der Waals surface area contributed by atoms with Crippen molar-refractivity contribution < 1.29 is 4.74 Å². The highest BCUT2D eigenvalue weighted by molar-refractivity contribution is 6.35. The fourth-order valence-corrected chi connectivity index (χ4v) is 3.17. The van der Waals surface area contributed by atoms with Crippen LogP contribution < -0.4 is 0 Å². The van der Waals surface area contributed by atoms with Crippen molar-refractivity contribution in [1.82, 2.24) is 9.55 Å². The number of benzene rings is 1. The van der Waals surface area contributed by atoms with E-state index in [0.29, 0.717) is 12.5 Å². The van der Waals surface area contributed by atoms with Gasteiger partial charge < -0.3 is 9.30 Å². The van der Waals surface area contributed by atoms with Gasteiger partial charge in [-0.1, -0.05) is 31.9 Å². The lowest BCUT2D eigenvalue weighted by Gasteiger charge is -2.16. The molecule has 2 aromatic rings. The number of hydrogen-bond acceptors (Lipinski definition) is 2. The number of ether oxygens (including phenoxy) is 1. The molecule has 0 fully saturated rings. The lowest BCUT2D eigenvalue weighted by Crippen LogP contribution is -2.16. The van der Waals surface area contributed by atoms with E-state index in [1.165, 1.54) is 18.4 Å². The largest absolute Gasteiger partial charge is 0.372 e. The molecule has 1 aromatic carbocycles. The van der Waals surface area contributed by atoms with E-state index < -0.39 is 0 Å². The molecular formula is C15H19ClN2O. The van der Waals surface area contributed by atoms with E-state index in [4.69, 9.17) is 16.3 Å². The SMILES string of the molecule is CCCC(C)c1cc(Cl)c2c(c1)nc1n2CCOC1. The lowest BCUT2D eigenvalue weighted by atomic mass is 9.96. The topological polar surface area (TPSA) is 27.1 Å². The van der Waals surface area contributed by atoms with Gasteiger partial charge in [-0.05, 0) is 30.0 Å². The number of imidazole rings is 1. The van der Waals surface area contributed by atoms with E-state index in [9.17, 15) is 0 Å². The molecule has 0 saturated carbocycles. The normalized spacial score (nSPS) is 16.6. The number of aromatic nitrogens is 2. The monoisotopic (exact) mass is 278 g/mol. The summed E-state index contributed by atoms with van der Waals surface area (Å²) in [6.07, 6.45) is 2.36. The molecule has 3 rings (SSSR count). The molecule has 4 heteroatoms. The van der Waals surface area contributed by atoms with Gasteiger partial charge in [0.2, 0.25) is 0 Å². The van der Waals surface area contributed by atoms with Crippen molar-refractivity contribution in [2.24, 2.45) is 0 Å². The van der Waals surface area contributed by atoms with E-state index in [1.807, 2.05) is 0 Å². The van der Waals surface area contributed by atoms with Gasteiger partial charge in [-0.15, -0.1) is 0 Å². The Balaban J connectivity index is 2.11. The van der Waals surface area contributed by atoms with Crippen LogP contribution in [0.5, 0.6) is 0 Å². The van der Waals surface area contributed by atoms with Gasteiger partial charge in [-0.2, -0.15) is 0 Å². The van der Waals surface area contributed by atoms with Crippen molar-refractivity contribution >= 4 is 22.6 Å². The molecule has 2 heterocycles. The molecule has 0 radical (unpaired) electrons. The average molecular weight is 279 g/mol. The minimum atomic E-state index is 0.530. The fraction of sp³-hybridized carbons (Fsp3) is 0.533. The molecule has 1 aliphatic rings. The number of fused-ring (bicyclic) bond motifs is 3. The fourth-order valence-electron chi connectivity index (χ4n) is 2.84.